The predicted molar refractivity (Wildman–Crippen MR) is 54.0 cm³/mol. The first-order chi connectivity index (χ1) is 6.19. The molecule has 1 aromatic rings. The van der Waals surface area contributed by atoms with Gasteiger partial charge >= 0.3 is 0 Å². The monoisotopic (exact) mass is 245 g/mol. The molecule has 0 aliphatic heterocycles. The maximum atomic E-state index is 8.71. The van der Waals surface area contributed by atoms with Crippen LogP contribution in [0.4, 0.5) is 0 Å². The molecular formula is C9H12BrNO2. The van der Waals surface area contributed by atoms with Crippen LogP contribution in [0.3, 0.4) is 0 Å². The highest BCUT2D eigenvalue weighted by Gasteiger charge is 2.06. The van der Waals surface area contributed by atoms with Gasteiger partial charge in [0.05, 0.1) is 17.6 Å². The van der Waals surface area contributed by atoms with E-state index in [4.69, 9.17) is 9.94 Å². The molecule has 0 heterocycles. The van der Waals surface area contributed by atoms with Crippen molar-refractivity contribution in [3.63, 3.8) is 0 Å². The van der Waals surface area contributed by atoms with Crippen molar-refractivity contribution in [2.45, 2.75) is 13.0 Å². The highest BCUT2D eigenvalue weighted by Crippen LogP contribution is 2.27. The van der Waals surface area contributed by atoms with Crippen molar-refractivity contribution >= 4 is 15.9 Å². The molecule has 0 saturated heterocycles. The number of hydrogen-bond donors (Lipinski definition) is 2. The number of benzene rings is 1. The largest absolute Gasteiger partial charge is 0.496 e. The van der Waals surface area contributed by atoms with Gasteiger partial charge in [0.2, 0.25) is 0 Å². The summed E-state index contributed by atoms with van der Waals surface area (Å²) in [6, 6.07) is 5.58. The lowest BCUT2D eigenvalue weighted by Gasteiger charge is -2.11. The molecule has 0 aliphatic carbocycles. The summed E-state index contributed by atoms with van der Waals surface area (Å²) in [7, 11) is 1.62. The van der Waals surface area contributed by atoms with Crippen molar-refractivity contribution in [1.82, 2.24) is 5.48 Å². The van der Waals surface area contributed by atoms with Gasteiger partial charge in [-0.3, -0.25) is 0 Å². The van der Waals surface area contributed by atoms with E-state index in [0.717, 1.165) is 15.8 Å². The van der Waals surface area contributed by atoms with Gasteiger partial charge in [-0.2, -0.15) is 5.48 Å². The van der Waals surface area contributed by atoms with Crippen molar-refractivity contribution in [3.8, 4) is 5.75 Å². The molecule has 0 amide bonds. The Hall–Kier alpha value is -0.580. The molecule has 0 aliphatic rings. The molecule has 0 aromatic heterocycles. The van der Waals surface area contributed by atoms with Crippen LogP contribution in [-0.4, -0.2) is 12.3 Å². The quantitative estimate of drug-likeness (QED) is 0.805. The van der Waals surface area contributed by atoms with Crippen molar-refractivity contribution in [3.05, 3.63) is 28.2 Å². The van der Waals surface area contributed by atoms with E-state index in [1.807, 2.05) is 25.1 Å². The summed E-state index contributed by atoms with van der Waals surface area (Å²) < 4.78 is 5.97. The lowest BCUT2D eigenvalue weighted by molar-refractivity contribution is 0.133. The first-order valence-corrected chi connectivity index (χ1v) is 4.71. The fourth-order valence-corrected chi connectivity index (χ4v) is 1.58. The number of halogens is 1. The zero-order valence-corrected chi connectivity index (χ0v) is 9.13. The zero-order valence-electron chi connectivity index (χ0n) is 7.54. The normalized spacial score (nSPS) is 12.6. The van der Waals surface area contributed by atoms with E-state index < -0.39 is 0 Å². The third kappa shape index (κ3) is 2.43. The smallest absolute Gasteiger partial charge is 0.133 e. The molecule has 4 heteroatoms. The van der Waals surface area contributed by atoms with Crippen molar-refractivity contribution < 1.29 is 9.94 Å². The first-order valence-electron chi connectivity index (χ1n) is 3.92. The summed E-state index contributed by atoms with van der Waals surface area (Å²) >= 11 is 3.37. The van der Waals surface area contributed by atoms with Crippen LogP contribution >= 0.6 is 15.9 Å². The van der Waals surface area contributed by atoms with Gasteiger partial charge in [-0.05, 0) is 40.5 Å². The van der Waals surface area contributed by atoms with E-state index in [2.05, 4.69) is 21.4 Å². The molecule has 0 radical (unpaired) electrons. The maximum absolute atomic E-state index is 8.71. The van der Waals surface area contributed by atoms with Crippen LogP contribution in [0.2, 0.25) is 0 Å². The maximum Gasteiger partial charge on any atom is 0.133 e. The number of ether oxygens (including phenoxy) is 1. The number of rotatable bonds is 3. The summed E-state index contributed by atoms with van der Waals surface area (Å²) in [6.07, 6.45) is 0. The molecule has 2 N–H and O–H groups in total. The molecule has 0 spiro atoms. The van der Waals surface area contributed by atoms with Crippen LogP contribution in [-0.2, 0) is 0 Å². The van der Waals surface area contributed by atoms with Crippen LogP contribution < -0.4 is 10.2 Å². The topological polar surface area (TPSA) is 41.5 Å². The standard InChI is InChI=1S/C9H12BrNO2/c1-6(11-12)7-3-4-9(13-2)8(10)5-7/h3-6,11-12H,1-2H3/t6-/m0/s1. The third-order valence-electron chi connectivity index (χ3n) is 1.87. The average molecular weight is 246 g/mol. The van der Waals surface area contributed by atoms with Gasteiger partial charge in [-0.15, -0.1) is 0 Å². The molecule has 1 atom stereocenters. The minimum atomic E-state index is -0.0813. The fraction of sp³-hybridized carbons (Fsp3) is 0.333. The number of hydroxylamine groups is 1. The van der Waals surface area contributed by atoms with Gasteiger partial charge in [-0.1, -0.05) is 6.07 Å². The molecule has 72 valence electrons. The minimum absolute atomic E-state index is 0.0813. The van der Waals surface area contributed by atoms with Crippen molar-refractivity contribution in [2.24, 2.45) is 0 Å². The van der Waals surface area contributed by atoms with Gasteiger partial charge in [0.1, 0.15) is 5.75 Å². The summed E-state index contributed by atoms with van der Waals surface area (Å²) in [5.74, 6) is 0.786. The Morgan fingerprint density at radius 1 is 1.54 bits per heavy atom. The van der Waals surface area contributed by atoms with Gasteiger partial charge in [0.25, 0.3) is 0 Å². The van der Waals surface area contributed by atoms with E-state index in [-0.39, 0.29) is 6.04 Å². The summed E-state index contributed by atoms with van der Waals surface area (Å²) in [4.78, 5) is 0. The van der Waals surface area contributed by atoms with E-state index in [9.17, 15) is 0 Å². The molecule has 1 aromatic carbocycles. The SMILES string of the molecule is COc1ccc([C@H](C)NO)cc1Br. The lowest BCUT2D eigenvalue weighted by atomic mass is 10.1. The first kappa shape index (κ1) is 10.5. The molecule has 0 fully saturated rings. The van der Waals surface area contributed by atoms with Crippen LogP contribution in [0.1, 0.15) is 18.5 Å². The minimum Gasteiger partial charge on any atom is -0.496 e. The molecule has 0 bridgehead atoms. The Labute approximate surface area is 85.8 Å². The Kier molecular flexibility index (Phi) is 3.71. The Morgan fingerprint density at radius 2 is 2.23 bits per heavy atom. The number of methoxy groups -OCH3 is 1. The van der Waals surface area contributed by atoms with Crippen LogP contribution in [0, 0.1) is 0 Å². The summed E-state index contributed by atoms with van der Waals surface area (Å²) in [6.45, 7) is 1.87. The lowest BCUT2D eigenvalue weighted by Crippen LogP contribution is -2.12. The second-order valence-electron chi connectivity index (χ2n) is 2.74. The Bertz CT molecular complexity index is 291. The van der Waals surface area contributed by atoms with Crippen molar-refractivity contribution in [2.75, 3.05) is 7.11 Å². The average Bonchev–Trinajstić information content (AvgIpc) is 2.16. The predicted octanol–water partition coefficient (Wildman–Crippen LogP) is 2.50. The van der Waals surface area contributed by atoms with Crippen molar-refractivity contribution in [1.29, 1.82) is 0 Å². The Morgan fingerprint density at radius 3 is 2.69 bits per heavy atom. The van der Waals surface area contributed by atoms with Gasteiger partial charge in [0, 0.05) is 0 Å². The van der Waals surface area contributed by atoms with Crippen LogP contribution in [0.15, 0.2) is 22.7 Å². The summed E-state index contributed by atoms with van der Waals surface area (Å²) in [5, 5.41) is 8.71. The van der Waals surface area contributed by atoms with E-state index >= 15 is 0 Å². The highest BCUT2D eigenvalue weighted by atomic mass is 79.9. The molecule has 13 heavy (non-hydrogen) atoms. The molecule has 0 saturated carbocycles. The van der Waals surface area contributed by atoms with Gasteiger partial charge < -0.3 is 9.94 Å². The van der Waals surface area contributed by atoms with Gasteiger partial charge in [0.15, 0.2) is 0 Å². The second-order valence-corrected chi connectivity index (χ2v) is 3.60. The van der Waals surface area contributed by atoms with E-state index in [1.165, 1.54) is 0 Å². The molecular weight excluding hydrogens is 234 g/mol. The Balaban J connectivity index is 2.95. The number of nitrogens with one attached hydrogen (secondary N) is 1. The second kappa shape index (κ2) is 4.60. The molecule has 0 unspecified atom stereocenters. The highest BCUT2D eigenvalue weighted by molar-refractivity contribution is 9.10. The van der Waals surface area contributed by atoms with Crippen LogP contribution in [0.5, 0.6) is 5.75 Å². The molecule has 3 nitrogen and oxygen atoms in total. The fourth-order valence-electron chi connectivity index (χ4n) is 1.03. The molecule has 1 rings (SSSR count). The third-order valence-corrected chi connectivity index (χ3v) is 2.49. The zero-order chi connectivity index (χ0) is 9.84. The van der Waals surface area contributed by atoms with E-state index in [0.29, 0.717) is 0 Å². The van der Waals surface area contributed by atoms with Crippen LogP contribution in [0.25, 0.3) is 0 Å². The van der Waals surface area contributed by atoms with E-state index in [1.54, 1.807) is 7.11 Å². The number of hydrogen-bond acceptors (Lipinski definition) is 3. The van der Waals surface area contributed by atoms with Gasteiger partial charge in [-0.25, -0.2) is 0 Å². The summed E-state index contributed by atoms with van der Waals surface area (Å²) in [5.41, 5.74) is 3.18.